The third-order valence-corrected chi connectivity index (χ3v) is 10.3. The molecule has 60 heavy (non-hydrogen) atoms. The first-order valence-electron chi connectivity index (χ1n) is 19.2. The van der Waals surface area contributed by atoms with Gasteiger partial charge in [-0.1, -0.05) is 83.3 Å². The van der Waals surface area contributed by atoms with Gasteiger partial charge < -0.3 is 20.2 Å². The minimum atomic E-state index is -1.02. The zero-order valence-electron chi connectivity index (χ0n) is 32.5. The quantitative estimate of drug-likeness (QED) is 0.132. The van der Waals surface area contributed by atoms with E-state index in [2.05, 4.69) is 108 Å². The van der Waals surface area contributed by atoms with Crippen molar-refractivity contribution in [3.05, 3.63) is 190 Å². The Morgan fingerprint density at radius 2 is 0.883 bits per heavy atom. The molecular formula is C52H34N4O4. The van der Waals surface area contributed by atoms with E-state index in [1.165, 1.54) is 24.3 Å². The standard InChI is InChI=1S/C52H34N4O4/c1-31-3-13-35(14-4-31)49-43-25-21-39(53-43)29-47-41(23-11-33-7-17-37(18-8-33)51(57)58)42(24-12-34-9-19-38(20-10-34)52(59)60)48(56-47)30-40-22-26-44(54-40)50(46-28-27-45(49)55-46)36-15-5-32(2)6-16-36/h3-10,13-22,25-30,53-54H,1-2H3,(H,57,58)(H,59,60). The summed E-state index contributed by atoms with van der Waals surface area (Å²) in [5, 5.41) is 18.9. The van der Waals surface area contributed by atoms with Crippen molar-refractivity contribution in [3.8, 4) is 45.9 Å². The van der Waals surface area contributed by atoms with Crippen LogP contribution in [0.5, 0.6) is 0 Å². The smallest absolute Gasteiger partial charge is 0.335 e. The lowest BCUT2D eigenvalue weighted by Gasteiger charge is -2.06. The summed E-state index contributed by atoms with van der Waals surface area (Å²) in [6.45, 7) is 4.14. The van der Waals surface area contributed by atoms with Crippen LogP contribution in [0, 0.1) is 37.5 Å². The number of rotatable bonds is 4. The summed E-state index contributed by atoms with van der Waals surface area (Å²) >= 11 is 0. The molecule has 0 spiro atoms. The monoisotopic (exact) mass is 778 g/mol. The van der Waals surface area contributed by atoms with E-state index in [0.29, 0.717) is 33.7 Å². The predicted octanol–water partition coefficient (Wildman–Crippen LogP) is 10.8. The van der Waals surface area contributed by atoms with Crippen LogP contribution >= 0.6 is 0 Å². The zero-order valence-corrected chi connectivity index (χ0v) is 32.5. The van der Waals surface area contributed by atoms with E-state index in [0.717, 1.165) is 66.8 Å². The molecule has 3 aromatic heterocycles. The number of nitrogens with one attached hydrogen (secondary N) is 2. The Kier molecular flexibility index (Phi) is 9.58. The van der Waals surface area contributed by atoms with Gasteiger partial charge in [0.25, 0.3) is 0 Å². The largest absolute Gasteiger partial charge is 0.478 e. The highest BCUT2D eigenvalue weighted by Crippen LogP contribution is 2.36. The molecule has 0 aliphatic carbocycles. The molecule has 0 saturated heterocycles. The van der Waals surface area contributed by atoms with Gasteiger partial charge in [0.2, 0.25) is 0 Å². The number of aromatic amines is 2. The molecule has 2 aliphatic rings. The molecule has 9 rings (SSSR count). The maximum atomic E-state index is 11.6. The summed E-state index contributed by atoms with van der Waals surface area (Å²) in [5.74, 6) is 11.1. The summed E-state index contributed by atoms with van der Waals surface area (Å²) in [7, 11) is 0. The number of allylic oxidation sites excluding steroid dienone is 2. The van der Waals surface area contributed by atoms with Crippen molar-refractivity contribution in [1.82, 2.24) is 19.9 Å². The molecule has 4 aromatic carbocycles. The highest BCUT2D eigenvalue weighted by molar-refractivity contribution is 6.07. The van der Waals surface area contributed by atoms with E-state index in [-0.39, 0.29) is 11.1 Å². The van der Waals surface area contributed by atoms with Crippen molar-refractivity contribution in [2.75, 3.05) is 0 Å². The lowest BCUT2D eigenvalue weighted by atomic mass is 10.0. The Morgan fingerprint density at radius 1 is 0.483 bits per heavy atom. The molecule has 0 fully saturated rings. The van der Waals surface area contributed by atoms with Crippen LogP contribution in [0.2, 0.25) is 0 Å². The number of carboxylic acids is 2. The van der Waals surface area contributed by atoms with Gasteiger partial charge >= 0.3 is 11.9 Å². The van der Waals surface area contributed by atoms with Crippen LogP contribution < -0.4 is 0 Å². The number of nitrogens with zero attached hydrogens (tertiary/aromatic N) is 2. The summed E-state index contributed by atoms with van der Waals surface area (Å²) in [4.78, 5) is 40.8. The van der Waals surface area contributed by atoms with E-state index >= 15 is 0 Å². The summed E-state index contributed by atoms with van der Waals surface area (Å²) in [6.07, 6.45) is 4.14. The van der Waals surface area contributed by atoms with Crippen LogP contribution in [0.15, 0.2) is 133 Å². The molecule has 0 radical (unpaired) electrons. The molecule has 8 heteroatoms. The number of fused-ring (bicyclic) bond motifs is 8. The van der Waals surface area contributed by atoms with Gasteiger partial charge in [0.15, 0.2) is 0 Å². The SMILES string of the molecule is Cc1ccc(-c2c3nc(c(-c4ccc(C)cc4)c4ccc(cc5nc(cc6ccc2[nH]6)C(C#Cc2ccc(C(=O)O)cc2)=C5C#Cc2ccc(C(=O)O)cc2)[nH]4)C=C3)cc1. The van der Waals surface area contributed by atoms with Crippen molar-refractivity contribution >= 4 is 57.3 Å². The van der Waals surface area contributed by atoms with Crippen LogP contribution in [0.3, 0.4) is 0 Å². The van der Waals surface area contributed by atoms with E-state index in [1.807, 2.05) is 36.4 Å². The first kappa shape index (κ1) is 37.1. The average molecular weight is 779 g/mol. The van der Waals surface area contributed by atoms with Gasteiger partial charge in [0.1, 0.15) is 0 Å². The van der Waals surface area contributed by atoms with E-state index in [9.17, 15) is 19.8 Å². The van der Waals surface area contributed by atoms with Crippen molar-refractivity contribution in [1.29, 1.82) is 0 Å². The molecule has 5 heterocycles. The van der Waals surface area contributed by atoms with Gasteiger partial charge in [-0.15, -0.1) is 0 Å². The van der Waals surface area contributed by atoms with Gasteiger partial charge in [-0.05, 0) is 122 Å². The minimum Gasteiger partial charge on any atom is -0.478 e. The lowest BCUT2D eigenvalue weighted by molar-refractivity contribution is 0.0686. The second-order valence-electron chi connectivity index (χ2n) is 14.5. The molecule has 8 bridgehead atoms. The fraction of sp³-hybridized carbons (Fsp3) is 0.0385. The van der Waals surface area contributed by atoms with Crippen LogP contribution in [0.25, 0.3) is 67.6 Å². The minimum absolute atomic E-state index is 0.163. The Balaban J connectivity index is 1.35. The van der Waals surface area contributed by atoms with Gasteiger partial charge in [0.05, 0.1) is 45.0 Å². The second kappa shape index (κ2) is 15.5. The Labute approximate surface area is 345 Å². The highest BCUT2D eigenvalue weighted by atomic mass is 16.4. The lowest BCUT2D eigenvalue weighted by Crippen LogP contribution is -1.95. The maximum absolute atomic E-state index is 11.6. The molecule has 0 saturated carbocycles. The Bertz CT molecular complexity index is 3040. The van der Waals surface area contributed by atoms with Gasteiger partial charge in [-0.25, -0.2) is 19.6 Å². The molecule has 2 aliphatic heterocycles. The number of hydrogen-bond donors (Lipinski definition) is 4. The zero-order chi connectivity index (χ0) is 41.3. The second-order valence-corrected chi connectivity index (χ2v) is 14.5. The third-order valence-electron chi connectivity index (χ3n) is 10.3. The number of H-pyrrole nitrogens is 2. The Hall–Kier alpha value is -8.46. The van der Waals surface area contributed by atoms with Crippen molar-refractivity contribution in [3.63, 3.8) is 0 Å². The van der Waals surface area contributed by atoms with Gasteiger partial charge in [-0.2, -0.15) is 0 Å². The van der Waals surface area contributed by atoms with Gasteiger partial charge in [0, 0.05) is 44.3 Å². The fourth-order valence-electron chi connectivity index (χ4n) is 7.16. The van der Waals surface area contributed by atoms with Crippen LogP contribution in [-0.4, -0.2) is 42.1 Å². The summed E-state index contributed by atoms with van der Waals surface area (Å²) in [5.41, 5.74) is 15.0. The molecule has 0 unspecified atom stereocenters. The van der Waals surface area contributed by atoms with Crippen LogP contribution in [0.4, 0.5) is 0 Å². The molecule has 4 N–H and O–H groups in total. The highest BCUT2D eigenvalue weighted by Gasteiger charge is 2.20. The van der Waals surface area contributed by atoms with Crippen molar-refractivity contribution in [2.45, 2.75) is 13.8 Å². The first-order valence-corrected chi connectivity index (χ1v) is 19.2. The summed E-state index contributed by atoms with van der Waals surface area (Å²) in [6, 6.07) is 41.6. The first-order chi connectivity index (χ1) is 29.1. The predicted molar refractivity (Wildman–Crippen MR) is 238 cm³/mol. The number of benzene rings is 4. The normalized spacial score (nSPS) is 11.7. The van der Waals surface area contributed by atoms with Crippen molar-refractivity contribution in [2.24, 2.45) is 0 Å². The molecule has 0 atom stereocenters. The number of carboxylic acid groups (broad SMARTS) is 2. The third kappa shape index (κ3) is 7.53. The average Bonchev–Trinajstić information content (AvgIpc) is 4.07. The van der Waals surface area contributed by atoms with Crippen molar-refractivity contribution < 1.29 is 19.8 Å². The number of aromatic carboxylic acids is 2. The molecular weight excluding hydrogens is 745 g/mol. The fourth-order valence-corrected chi connectivity index (χ4v) is 7.16. The number of carbonyl (C=O) groups is 2. The number of aromatic nitrogens is 4. The van der Waals surface area contributed by atoms with E-state index < -0.39 is 11.9 Å². The maximum Gasteiger partial charge on any atom is 0.335 e. The number of aryl methyl sites for hydroxylation is 2. The Morgan fingerprint density at radius 3 is 1.27 bits per heavy atom. The van der Waals surface area contributed by atoms with Crippen LogP contribution in [0.1, 0.15) is 65.7 Å². The summed E-state index contributed by atoms with van der Waals surface area (Å²) < 4.78 is 0. The van der Waals surface area contributed by atoms with E-state index in [4.69, 9.17) is 9.97 Å². The number of hydrogen-bond acceptors (Lipinski definition) is 4. The molecule has 286 valence electrons. The molecule has 0 amide bonds. The molecule has 8 nitrogen and oxygen atoms in total. The topological polar surface area (TPSA) is 132 Å². The van der Waals surface area contributed by atoms with E-state index in [1.54, 1.807) is 24.3 Å². The molecule has 7 aromatic rings. The van der Waals surface area contributed by atoms with Gasteiger partial charge in [-0.3, -0.25) is 0 Å². The van der Waals surface area contributed by atoms with Crippen LogP contribution in [-0.2, 0) is 0 Å².